The van der Waals surface area contributed by atoms with E-state index in [0.29, 0.717) is 23.7 Å². The third kappa shape index (κ3) is 5.55. The highest BCUT2D eigenvalue weighted by molar-refractivity contribution is 6.30. The number of hydrogen-bond donors (Lipinski definition) is 2. The van der Waals surface area contributed by atoms with E-state index in [1.165, 1.54) is 0 Å². The number of carbonyl (C=O) groups is 1. The number of aliphatic hydroxyl groups is 1. The monoisotopic (exact) mass is 347 g/mol. The number of ether oxygens (including phenoxy) is 1. The van der Waals surface area contributed by atoms with Crippen molar-refractivity contribution >= 4 is 17.5 Å². The summed E-state index contributed by atoms with van der Waals surface area (Å²) in [5, 5.41) is 12.5. The first-order chi connectivity index (χ1) is 11.6. The molecular formula is C19H22ClNO3. The molecule has 2 aromatic rings. The summed E-state index contributed by atoms with van der Waals surface area (Å²) in [6, 6.07) is 15.0. The van der Waals surface area contributed by atoms with Crippen LogP contribution in [0.1, 0.15) is 18.1 Å². The number of aliphatic hydroxyl groups excluding tert-OH is 1. The molecule has 4 nitrogen and oxygen atoms in total. The highest BCUT2D eigenvalue weighted by Crippen LogP contribution is 2.18. The van der Waals surface area contributed by atoms with E-state index in [-0.39, 0.29) is 25.0 Å². The smallest absolute Gasteiger partial charge is 0.223 e. The van der Waals surface area contributed by atoms with E-state index >= 15 is 0 Å². The summed E-state index contributed by atoms with van der Waals surface area (Å²) in [6.45, 7) is 2.47. The van der Waals surface area contributed by atoms with Crippen molar-refractivity contribution in [1.82, 2.24) is 5.32 Å². The molecule has 0 aliphatic heterocycles. The fourth-order valence-electron chi connectivity index (χ4n) is 2.41. The fraction of sp³-hybridized carbons (Fsp3) is 0.316. The van der Waals surface area contributed by atoms with Crippen LogP contribution in [0.25, 0.3) is 0 Å². The molecule has 0 heterocycles. The Balaban J connectivity index is 1.90. The largest absolute Gasteiger partial charge is 0.491 e. The second-order valence-corrected chi connectivity index (χ2v) is 6.07. The Bertz CT molecular complexity index is 675. The molecule has 5 heteroatoms. The van der Waals surface area contributed by atoms with Gasteiger partial charge in [-0.2, -0.15) is 0 Å². The molecule has 0 saturated heterocycles. The number of benzene rings is 2. The van der Waals surface area contributed by atoms with Gasteiger partial charge < -0.3 is 15.2 Å². The minimum atomic E-state index is -0.158. The zero-order valence-electron chi connectivity index (χ0n) is 13.7. The molecule has 0 aromatic heterocycles. The van der Waals surface area contributed by atoms with E-state index in [9.17, 15) is 4.79 Å². The molecular weight excluding hydrogens is 326 g/mol. The van der Waals surface area contributed by atoms with E-state index in [0.717, 1.165) is 11.1 Å². The van der Waals surface area contributed by atoms with Gasteiger partial charge in [0.2, 0.25) is 5.91 Å². The Morgan fingerprint density at radius 3 is 2.79 bits per heavy atom. The fourth-order valence-corrected chi connectivity index (χ4v) is 2.63. The van der Waals surface area contributed by atoms with Crippen molar-refractivity contribution in [2.75, 3.05) is 13.2 Å². The van der Waals surface area contributed by atoms with Crippen LogP contribution in [0.15, 0.2) is 48.5 Å². The van der Waals surface area contributed by atoms with Gasteiger partial charge in [-0.3, -0.25) is 4.79 Å². The standard InChI is InChI=1S/C19H22ClNO3/c1-14(11-15-5-4-7-17(20)12-15)19(23)21-13-16-6-2-3-8-18(16)24-10-9-22/h2-8,12,14,22H,9-11,13H2,1H3,(H,21,23). The Kier molecular flexibility index (Phi) is 7.09. The second kappa shape index (κ2) is 9.30. The highest BCUT2D eigenvalue weighted by Gasteiger charge is 2.14. The molecule has 0 aliphatic carbocycles. The molecule has 0 aliphatic rings. The first-order valence-electron chi connectivity index (χ1n) is 7.94. The number of carbonyl (C=O) groups excluding carboxylic acids is 1. The van der Waals surface area contributed by atoms with Gasteiger partial charge in [0.05, 0.1) is 6.61 Å². The minimum Gasteiger partial charge on any atom is -0.491 e. The van der Waals surface area contributed by atoms with Crippen molar-refractivity contribution < 1.29 is 14.6 Å². The molecule has 1 atom stereocenters. The van der Waals surface area contributed by atoms with Gasteiger partial charge in [-0.05, 0) is 30.2 Å². The topological polar surface area (TPSA) is 58.6 Å². The maximum Gasteiger partial charge on any atom is 0.223 e. The molecule has 0 spiro atoms. The van der Waals surface area contributed by atoms with Crippen LogP contribution in [0, 0.1) is 5.92 Å². The van der Waals surface area contributed by atoms with Crippen LogP contribution in [0.2, 0.25) is 5.02 Å². The van der Waals surface area contributed by atoms with Gasteiger partial charge in [0.15, 0.2) is 0 Å². The van der Waals surface area contributed by atoms with Gasteiger partial charge in [-0.25, -0.2) is 0 Å². The van der Waals surface area contributed by atoms with E-state index in [4.69, 9.17) is 21.4 Å². The molecule has 1 amide bonds. The number of nitrogens with one attached hydrogen (secondary N) is 1. The number of para-hydroxylation sites is 1. The average molecular weight is 348 g/mol. The average Bonchev–Trinajstić information content (AvgIpc) is 2.58. The van der Waals surface area contributed by atoms with Crippen LogP contribution >= 0.6 is 11.6 Å². The van der Waals surface area contributed by atoms with Gasteiger partial charge >= 0.3 is 0 Å². The summed E-state index contributed by atoms with van der Waals surface area (Å²) >= 11 is 5.98. The lowest BCUT2D eigenvalue weighted by molar-refractivity contribution is -0.124. The number of amides is 1. The van der Waals surface area contributed by atoms with E-state index < -0.39 is 0 Å². The molecule has 2 aromatic carbocycles. The van der Waals surface area contributed by atoms with Gasteiger partial charge in [0.1, 0.15) is 12.4 Å². The van der Waals surface area contributed by atoms with Crippen LogP contribution in [-0.2, 0) is 17.8 Å². The molecule has 0 radical (unpaired) electrons. The summed E-state index contributed by atoms with van der Waals surface area (Å²) in [7, 11) is 0. The second-order valence-electron chi connectivity index (χ2n) is 5.63. The van der Waals surface area contributed by atoms with Crippen LogP contribution < -0.4 is 10.1 Å². The molecule has 0 fully saturated rings. The third-order valence-electron chi connectivity index (χ3n) is 3.65. The predicted molar refractivity (Wildman–Crippen MR) is 95.2 cm³/mol. The van der Waals surface area contributed by atoms with Crippen LogP contribution in [-0.4, -0.2) is 24.2 Å². The summed E-state index contributed by atoms with van der Waals surface area (Å²) in [5.41, 5.74) is 1.92. The number of hydrogen-bond acceptors (Lipinski definition) is 3. The lowest BCUT2D eigenvalue weighted by atomic mass is 10.0. The Morgan fingerprint density at radius 2 is 2.04 bits per heavy atom. The Hall–Kier alpha value is -2.04. The van der Waals surface area contributed by atoms with Crippen molar-refractivity contribution in [3.63, 3.8) is 0 Å². The quantitative estimate of drug-likeness (QED) is 0.771. The molecule has 0 bridgehead atoms. The molecule has 0 saturated carbocycles. The predicted octanol–water partition coefficient (Wildman–Crippen LogP) is 3.21. The van der Waals surface area contributed by atoms with E-state index in [1.54, 1.807) is 0 Å². The van der Waals surface area contributed by atoms with Crippen LogP contribution in [0.4, 0.5) is 0 Å². The zero-order chi connectivity index (χ0) is 17.4. The van der Waals surface area contributed by atoms with Crippen LogP contribution in [0.5, 0.6) is 5.75 Å². The van der Waals surface area contributed by atoms with E-state index in [2.05, 4.69) is 5.32 Å². The van der Waals surface area contributed by atoms with Gasteiger partial charge in [0.25, 0.3) is 0 Å². The van der Waals surface area contributed by atoms with Crippen molar-refractivity contribution in [2.45, 2.75) is 19.9 Å². The van der Waals surface area contributed by atoms with Crippen molar-refractivity contribution in [3.05, 3.63) is 64.7 Å². The molecule has 1 unspecified atom stereocenters. The summed E-state index contributed by atoms with van der Waals surface area (Å²) < 4.78 is 5.47. The number of halogens is 1. The van der Waals surface area contributed by atoms with Crippen molar-refractivity contribution in [2.24, 2.45) is 5.92 Å². The highest BCUT2D eigenvalue weighted by atomic mass is 35.5. The van der Waals surface area contributed by atoms with E-state index in [1.807, 2.05) is 55.5 Å². The Morgan fingerprint density at radius 1 is 1.25 bits per heavy atom. The maximum atomic E-state index is 12.3. The zero-order valence-corrected chi connectivity index (χ0v) is 14.4. The summed E-state index contributed by atoms with van der Waals surface area (Å²) in [5.74, 6) is 0.496. The molecule has 2 rings (SSSR count). The van der Waals surface area contributed by atoms with Crippen molar-refractivity contribution in [3.8, 4) is 5.75 Å². The van der Waals surface area contributed by atoms with Gasteiger partial charge in [0, 0.05) is 23.0 Å². The first-order valence-corrected chi connectivity index (χ1v) is 8.31. The molecule has 24 heavy (non-hydrogen) atoms. The summed E-state index contributed by atoms with van der Waals surface area (Å²) in [6.07, 6.45) is 0.634. The Labute approximate surface area is 147 Å². The first kappa shape index (κ1) is 18.3. The lowest BCUT2D eigenvalue weighted by Gasteiger charge is -2.14. The molecule has 128 valence electrons. The summed E-state index contributed by atoms with van der Waals surface area (Å²) in [4.78, 5) is 12.3. The number of rotatable bonds is 8. The normalized spacial score (nSPS) is 11.8. The minimum absolute atomic E-state index is 0.0214. The van der Waals surface area contributed by atoms with Gasteiger partial charge in [-0.1, -0.05) is 48.9 Å². The third-order valence-corrected chi connectivity index (χ3v) is 3.89. The van der Waals surface area contributed by atoms with Crippen molar-refractivity contribution in [1.29, 1.82) is 0 Å². The van der Waals surface area contributed by atoms with Crippen LogP contribution in [0.3, 0.4) is 0 Å². The molecule has 2 N–H and O–H groups in total. The van der Waals surface area contributed by atoms with Gasteiger partial charge in [-0.15, -0.1) is 0 Å². The SMILES string of the molecule is CC(Cc1cccc(Cl)c1)C(=O)NCc1ccccc1OCCO. The lowest BCUT2D eigenvalue weighted by Crippen LogP contribution is -2.30. The maximum absolute atomic E-state index is 12.3.